The number of aliphatic hydroxyl groups is 1. The first-order valence-corrected chi connectivity index (χ1v) is 7.30. The second-order valence-electron chi connectivity index (χ2n) is 5.66. The number of rotatable bonds is 5. The van der Waals surface area contributed by atoms with Crippen LogP contribution in [0, 0.1) is 0 Å². The number of nitrogens with zero attached hydrogens (tertiary/aromatic N) is 2. The van der Waals surface area contributed by atoms with Gasteiger partial charge in [0.25, 0.3) is 0 Å². The molecule has 0 aliphatic carbocycles. The predicted octanol–water partition coefficient (Wildman–Crippen LogP) is 1.05. The van der Waals surface area contributed by atoms with Gasteiger partial charge >= 0.3 is 0 Å². The monoisotopic (exact) mass is 273 g/mol. The number of β-amino-alcohol motifs (C(OH)–C–C–N with tert-alkyl or cyclic N) is 1. The molecule has 0 radical (unpaired) electrons. The molecule has 106 valence electrons. The molecule has 0 spiro atoms. The largest absolute Gasteiger partial charge is 0.389 e. The molecule has 0 amide bonds. The summed E-state index contributed by atoms with van der Waals surface area (Å²) in [7, 11) is 0. The molecule has 1 rings (SSSR count). The van der Waals surface area contributed by atoms with E-state index in [1.807, 2.05) is 13.8 Å². The minimum atomic E-state index is -0.609. The van der Waals surface area contributed by atoms with Crippen molar-refractivity contribution in [1.82, 2.24) is 15.1 Å². The summed E-state index contributed by atoms with van der Waals surface area (Å²) in [4.78, 5) is 4.52. The molecule has 0 aromatic carbocycles. The Hall–Kier alpha value is -0.390. The first kappa shape index (κ1) is 15.7. The van der Waals surface area contributed by atoms with Crippen molar-refractivity contribution in [3.8, 4) is 0 Å². The summed E-state index contributed by atoms with van der Waals surface area (Å²) < 4.78 is 0. The number of hydrogen-bond donors (Lipinski definition) is 2. The molecule has 0 saturated carbocycles. The number of unbranched alkanes of at least 4 members (excludes halogenated alkanes) is 1. The van der Waals surface area contributed by atoms with Crippen LogP contribution in [0.2, 0.25) is 0 Å². The molecular formula is C13H27N3OS. The minimum Gasteiger partial charge on any atom is -0.389 e. The van der Waals surface area contributed by atoms with E-state index in [0.29, 0.717) is 0 Å². The van der Waals surface area contributed by atoms with E-state index in [9.17, 15) is 5.11 Å². The first-order chi connectivity index (χ1) is 8.42. The zero-order valence-corrected chi connectivity index (χ0v) is 12.7. The van der Waals surface area contributed by atoms with Gasteiger partial charge in [-0.1, -0.05) is 13.3 Å². The topological polar surface area (TPSA) is 38.7 Å². The van der Waals surface area contributed by atoms with Crippen LogP contribution in [0.3, 0.4) is 0 Å². The van der Waals surface area contributed by atoms with Gasteiger partial charge in [0.1, 0.15) is 0 Å². The van der Waals surface area contributed by atoms with E-state index in [1.165, 1.54) is 12.8 Å². The molecule has 2 N–H and O–H groups in total. The molecule has 18 heavy (non-hydrogen) atoms. The molecule has 1 heterocycles. The molecule has 5 heteroatoms. The second-order valence-corrected chi connectivity index (χ2v) is 6.05. The Balaban J connectivity index is 2.24. The van der Waals surface area contributed by atoms with Crippen molar-refractivity contribution in [2.24, 2.45) is 0 Å². The van der Waals surface area contributed by atoms with Gasteiger partial charge in [-0.3, -0.25) is 4.90 Å². The van der Waals surface area contributed by atoms with Gasteiger partial charge in [-0.2, -0.15) is 0 Å². The van der Waals surface area contributed by atoms with Crippen LogP contribution in [0.25, 0.3) is 0 Å². The third-order valence-electron chi connectivity index (χ3n) is 3.08. The Kier molecular flexibility index (Phi) is 6.32. The van der Waals surface area contributed by atoms with Gasteiger partial charge in [-0.15, -0.1) is 0 Å². The quantitative estimate of drug-likeness (QED) is 0.579. The van der Waals surface area contributed by atoms with Crippen molar-refractivity contribution in [2.75, 3.05) is 39.3 Å². The van der Waals surface area contributed by atoms with Crippen molar-refractivity contribution in [2.45, 2.75) is 39.2 Å². The van der Waals surface area contributed by atoms with Crippen LogP contribution >= 0.6 is 12.2 Å². The van der Waals surface area contributed by atoms with Crippen molar-refractivity contribution in [3.63, 3.8) is 0 Å². The third-order valence-corrected chi connectivity index (χ3v) is 3.48. The number of thiocarbonyl (C=S) groups is 1. The highest BCUT2D eigenvalue weighted by Gasteiger charge is 2.23. The standard InChI is InChI=1S/C13H27N3OS/c1-4-5-6-14-12(18)16-9-7-15(8-10-16)11-13(2,3)17/h17H,4-11H2,1-3H3,(H,14,18). The Morgan fingerprint density at radius 3 is 2.39 bits per heavy atom. The molecule has 0 aromatic heterocycles. The normalized spacial score (nSPS) is 17.9. The lowest BCUT2D eigenvalue weighted by Gasteiger charge is -2.38. The van der Waals surface area contributed by atoms with Crippen LogP contribution in [0.15, 0.2) is 0 Å². The molecule has 0 aromatic rings. The Labute approximate surface area is 116 Å². The van der Waals surface area contributed by atoms with Gasteiger partial charge in [0.05, 0.1) is 5.60 Å². The van der Waals surface area contributed by atoms with E-state index in [0.717, 1.165) is 44.4 Å². The molecule has 0 unspecified atom stereocenters. The number of nitrogens with one attached hydrogen (secondary N) is 1. The third kappa shape index (κ3) is 5.98. The Bertz CT molecular complexity index is 257. The lowest BCUT2D eigenvalue weighted by molar-refractivity contribution is 0.0251. The van der Waals surface area contributed by atoms with Gasteiger partial charge in [-0.25, -0.2) is 0 Å². The summed E-state index contributed by atoms with van der Waals surface area (Å²) in [6.45, 7) is 11.4. The van der Waals surface area contributed by atoms with Crippen molar-refractivity contribution in [3.05, 3.63) is 0 Å². The summed E-state index contributed by atoms with van der Waals surface area (Å²) in [5.74, 6) is 0. The highest BCUT2D eigenvalue weighted by Crippen LogP contribution is 2.08. The highest BCUT2D eigenvalue weighted by atomic mass is 32.1. The Morgan fingerprint density at radius 1 is 1.28 bits per heavy atom. The smallest absolute Gasteiger partial charge is 0.169 e. The fraction of sp³-hybridized carbons (Fsp3) is 0.923. The highest BCUT2D eigenvalue weighted by molar-refractivity contribution is 7.80. The van der Waals surface area contributed by atoms with Gasteiger partial charge in [0.15, 0.2) is 5.11 Å². The second kappa shape index (κ2) is 7.26. The molecule has 1 fully saturated rings. The average molecular weight is 273 g/mol. The van der Waals surface area contributed by atoms with Crippen LogP contribution in [0.4, 0.5) is 0 Å². The molecule has 4 nitrogen and oxygen atoms in total. The van der Waals surface area contributed by atoms with Crippen LogP contribution in [0.1, 0.15) is 33.6 Å². The Morgan fingerprint density at radius 2 is 1.89 bits per heavy atom. The zero-order chi connectivity index (χ0) is 13.6. The van der Waals surface area contributed by atoms with Crippen molar-refractivity contribution in [1.29, 1.82) is 0 Å². The van der Waals surface area contributed by atoms with E-state index in [1.54, 1.807) is 0 Å². The van der Waals surface area contributed by atoms with Crippen LogP contribution < -0.4 is 5.32 Å². The molecule has 1 aliphatic rings. The average Bonchev–Trinajstić information content (AvgIpc) is 2.28. The van der Waals surface area contributed by atoms with Crippen molar-refractivity contribution < 1.29 is 5.11 Å². The van der Waals surface area contributed by atoms with Crippen LogP contribution in [0.5, 0.6) is 0 Å². The van der Waals surface area contributed by atoms with Crippen molar-refractivity contribution >= 4 is 17.3 Å². The SMILES string of the molecule is CCCCNC(=S)N1CCN(CC(C)(C)O)CC1. The fourth-order valence-electron chi connectivity index (χ4n) is 2.14. The molecule has 0 atom stereocenters. The zero-order valence-electron chi connectivity index (χ0n) is 11.9. The lowest BCUT2D eigenvalue weighted by Crippen LogP contribution is -2.54. The summed E-state index contributed by atoms with van der Waals surface area (Å²) in [6, 6.07) is 0. The summed E-state index contributed by atoms with van der Waals surface area (Å²) in [5.41, 5.74) is -0.609. The molecular weight excluding hydrogens is 246 g/mol. The number of piperazine rings is 1. The first-order valence-electron chi connectivity index (χ1n) is 6.90. The summed E-state index contributed by atoms with van der Waals surface area (Å²) in [6.07, 6.45) is 2.35. The maximum atomic E-state index is 9.79. The van der Waals surface area contributed by atoms with Crippen LogP contribution in [-0.4, -0.2) is 64.9 Å². The summed E-state index contributed by atoms with van der Waals surface area (Å²) in [5, 5.41) is 14.0. The van der Waals surface area contributed by atoms with E-state index in [4.69, 9.17) is 12.2 Å². The minimum absolute atomic E-state index is 0.609. The maximum Gasteiger partial charge on any atom is 0.169 e. The van der Waals surface area contributed by atoms with E-state index >= 15 is 0 Å². The molecule has 1 aliphatic heterocycles. The van der Waals surface area contributed by atoms with Gasteiger partial charge in [-0.05, 0) is 32.5 Å². The van der Waals surface area contributed by atoms with E-state index < -0.39 is 5.60 Å². The molecule has 1 saturated heterocycles. The maximum absolute atomic E-state index is 9.79. The summed E-state index contributed by atoms with van der Waals surface area (Å²) >= 11 is 5.38. The lowest BCUT2D eigenvalue weighted by atomic mass is 10.1. The number of hydrogen-bond acceptors (Lipinski definition) is 3. The van der Waals surface area contributed by atoms with Gasteiger partial charge in [0.2, 0.25) is 0 Å². The molecule has 0 bridgehead atoms. The van der Waals surface area contributed by atoms with E-state index in [2.05, 4.69) is 22.0 Å². The van der Waals surface area contributed by atoms with Gasteiger partial charge < -0.3 is 15.3 Å². The van der Waals surface area contributed by atoms with E-state index in [-0.39, 0.29) is 0 Å². The van der Waals surface area contributed by atoms with Gasteiger partial charge in [0, 0.05) is 39.3 Å². The fourth-order valence-corrected chi connectivity index (χ4v) is 2.42. The predicted molar refractivity (Wildman–Crippen MR) is 79.8 cm³/mol. The van der Waals surface area contributed by atoms with Crippen LogP contribution in [-0.2, 0) is 0 Å².